The Kier molecular flexibility index (Phi) is 7.68. The van der Waals surface area contributed by atoms with Gasteiger partial charge in [0.05, 0.1) is 21.7 Å². The van der Waals surface area contributed by atoms with Crippen molar-refractivity contribution in [1.82, 2.24) is 15.6 Å². The van der Waals surface area contributed by atoms with Gasteiger partial charge in [-0.15, -0.1) is 6.58 Å². The molecule has 0 bridgehead atoms. The topological polar surface area (TPSA) is 141 Å². The van der Waals surface area contributed by atoms with E-state index in [1.54, 1.807) is 36.4 Å². The van der Waals surface area contributed by atoms with Crippen LogP contribution in [0.1, 0.15) is 40.0 Å². The molecule has 2 aromatic carbocycles. The zero-order chi connectivity index (χ0) is 26.4. The Morgan fingerprint density at radius 1 is 1.14 bits per heavy atom. The van der Waals surface area contributed by atoms with Gasteiger partial charge >= 0.3 is 12.0 Å². The van der Waals surface area contributed by atoms with Crippen molar-refractivity contribution in [1.29, 1.82) is 0 Å². The van der Waals surface area contributed by atoms with E-state index >= 15 is 0 Å². The van der Waals surface area contributed by atoms with Crippen LogP contribution in [0.4, 0.5) is 10.5 Å². The number of amides is 3. The molecule has 10 heteroatoms. The lowest BCUT2D eigenvalue weighted by Gasteiger charge is -2.22. The first-order valence-corrected chi connectivity index (χ1v) is 11.6. The number of benzene rings is 2. The standard InChI is InChI=1S/C27H24N4O6/c1-2-13-28-27(34)30-23(32)16-37-26(33)24-20-10-3-4-12-22(20)29-25-18(8-6-11-21(24)25)14-17-7-5-9-19(15-17)31(35)36/h2-5,7,9-10,12,14-15H,1,6,8,11,13,16H2,(H2,28,30,32,34)/b18-14-. The van der Waals surface area contributed by atoms with Gasteiger partial charge in [-0.05, 0) is 48.1 Å². The number of hydrogen-bond acceptors (Lipinski definition) is 7. The molecule has 1 aliphatic rings. The molecule has 0 radical (unpaired) electrons. The van der Waals surface area contributed by atoms with E-state index < -0.39 is 29.4 Å². The summed E-state index contributed by atoms with van der Waals surface area (Å²) in [4.78, 5) is 52.5. The number of hydrogen-bond donors (Lipinski definition) is 2. The van der Waals surface area contributed by atoms with Crippen LogP contribution in [-0.4, -0.2) is 41.0 Å². The Balaban J connectivity index is 1.67. The maximum Gasteiger partial charge on any atom is 0.339 e. The summed E-state index contributed by atoms with van der Waals surface area (Å²) in [5.74, 6) is -1.47. The predicted octanol–water partition coefficient (Wildman–Crippen LogP) is 4.19. The lowest BCUT2D eigenvalue weighted by atomic mass is 9.86. The van der Waals surface area contributed by atoms with Gasteiger partial charge in [-0.2, -0.15) is 0 Å². The molecule has 1 aliphatic carbocycles. The molecule has 0 saturated carbocycles. The summed E-state index contributed by atoms with van der Waals surface area (Å²) >= 11 is 0. The predicted molar refractivity (Wildman–Crippen MR) is 138 cm³/mol. The molecule has 10 nitrogen and oxygen atoms in total. The lowest BCUT2D eigenvalue weighted by molar-refractivity contribution is -0.384. The van der Waals surface area contributed by atoms with Gasteiger partial charge in [-0.25, -0.2) is 14.6 Å². The molecule has 0 unspecified atom stereocenters. The highest BCUT2D eigenvalue weighted by Crippen LogP contribution is 2.36. The van der Waals surface area contributed by atoms with Crippen molar-refractivity contribution in [3.63, 3.8) is 0 Å². The number of carbonyl (C=O) groups excluding carboxylic acids is 3. The minimum absolute atomic E-state index is 0.0161. The van der Waals surface area contributed by atoms with Gasteiger partial charge in [0, 0.05) is 24.1 Å². The average molecular weight is 501 g/mol. The first kappa shape index (κ1) is 25.2. The summed E-state index contributed by atoms with van der Waals surface area (Å²) in [5, 5.41) is 16.3. The number of urea groups is 1. The number of carbonyl (C=O) groups is 3. The maximum absolute atomic E-state index is 13.2. The average Bonchev–Trinajstić information content (AvgIpc) is 2.89. The fraction of sp³-hybridized carbons (Fsp3) is 0.185. The fourth-order valence-electron chi connectivity index (χ4n) is 4.21. The first-order chi connectivity index (χ1) is 17.9. The number of rotatable bonds is 7. The van der Waals surface area contributed by atoms with Crippen LogP contribution in [0.25, 0.3) is 22.6 Å². The second-order valence-corrected chi connectivity index (χ2v) is 8.33. The van der Waals surface area contributed by atoms with Crippen LogP contribution in [0.2, 0.25) is 0 Å². The van der Waals surface area contributed by atoms with E-state index in [1.807, 2.05) is 6.08 Å². The molecule has 188 valence electrons. The van der Waals surface area contributed by atoms with Gasteiger partial charge in [0.2, 0.25) is 0 Å². The number of esters is 1. The molecule has 0 saturated heterocycles. The Morgan fingerprint density at radius 2 is 1.95 bits per heavy atom. The van der Waals surface area contributed by atoms with Gasteiger partial charge in [0.25, 0.3) is 11.6 Å². The normalized spacial score (nSPS) is 13.5. The van der Waals surface area contributed by atoms with Gasteiger partial charge in [-0.1, -0.05) is 36.4 Å². The molecular weight excluding hydrogens is 476 g/mol. The molecule has 37 heavy (non-hydrogen) atoms. The van der Waals surface area contributed by atoms with Gasteiger partial charge in [-0.3, -0.25) is 20.2 Å². The number of pyridine rings is 1. The van der Waals surface area contributed by atoms with E-state index in [2.05, 4.69) is 17.2 Å². The molecule has 3 amide bonds. The summed E-state index contributed by atoms with van der Waals surface area (Å²) in [6, 6.07) is 12.7. The van der Waals surface area contributed by atoms with E-state index in [1.165, 1.54) is 18.2 Å². The van der Waals surface area contributed by atoms with Crippen molar-refractivity contribution >= 4 is 46.1 Å². The number of nitro groups is 1. The highest BCUT2D eigenvalue weighted by Gasteiger charge is 2.26. The van der Waals surface area contributed by atoms with Crippen molar-refractivity contribution in [3.05, 3.63) is 93.7 Å². The number of para-hydroxylation sites is 1. The summed E-state index contributed by atoms with van der Waals surface area (Å²) in [5.41, 5.74) is 3.69. The third-order valence-corrected chi connectivity index (χ3v) is 5.79. The number of nitro benzene ring substituents is 1. The Bertz CT molecular complexity index is 1450. The zero-order valence-corrected chi connectivity index (χ0v) is 19.9. The van der Waals surface area contributed by atoms with Gasteiger partial charge in [0.15, 0.2) is 6.61 Å². The SMILES string of the molecule is C=CCNC(=O)NC(=O)COC(=O)c1c2c(nc3ccccc13)/C(=C\c1cccc([N+](=O)[O-])c1)CCC2. The van der Waals surface area contributed by atoms with Crippen LogP contribution in [0.3, 0.4) is 0 Å². The molecule has 0 aliphatic heterocycles. The Morgan fingerprint density at radius 3 is 2.73 bits per heavy atom. The van der Waals surface area contributed by atoms with Crippen LogP contribution in [0, 0.1) is 10.1 Å². The van der Waals surface area contributed by atoms with Crippen LogP contribution in [0.15, 0.2) is 61.2 Å². The molecule has 2 N–H and O–H groups in total. The Labute approximate surface area is 212 Å². The number of ether oxygens (including phenoxy) is 1. The quantitative estimate of drug-likeness (QED) is 0.214. The smallest absolute Gasteiger partial charge is 0.339 e. The van der Waals surface area contributed by atoms with Gasteiger partial charge in [0.1, 0.15) is 0 Å². The number of non-ortho nitro benzene ring substituents is 1. The largest absolute Gasteiger partial charge is 0.452 e. The Hall–Kier alpha value is -4.86. The van der Waals surface area contributed by atoms with E-state index in [-0.39, 0.29) is 12.2 Å². The van der Waals surface area contributed by atoms with Crippen molar-refractivity contribution < 1.29 is 24.0 Å². The van der Waals surface area contributed by atoms with Crippen molar-refractivity contribution in [2.75, 3.05) is 13.2 Å². The third kappa shape index (κ3) is 5.87. The van der Waals surface area contributed by atoms with Crippen molar-refractivity contribution in [2.24, 2.45) is 0 Å². The van der Waals surface area contributed by atoms with E-state index in [0.717, 1.165) is 12.0 Å². The third-order valence-electron chi connectivity index (χ3n) is 5.79. The summed E-state index contributed by atoms with van der Waals surface area (Å²) < 4.78 is 5.29. The highest BCUT2D eigenvalue weighted by molar-refractivity contribution is 6.07. The number of aromatic nitrogens is 1. The second kappa shape index (κ2) is 11.3. The minimum atomic E-state index is -0.770. The highest BCUT2D eigenvalue weighted by atomic mass is 16.6. The van der Waals surface area contributed by atoms with E-state index in [4.69, 9.17) is 9.72 Å². The maximum atomic E-state index is 13.2. The molecule has 0 atom stereocenters. The molecule has 1 heterocycles. The van der Waals surface area contributed by atoms with Crippen LogP contribution >= 0.6 is 0 Å². The molecule has 1 aromatic heterocycles. The summed E-state index contributed by atoms with van der Waals surface area (Å²) in [7, 11) is 0. The van der Waals surface area contributed by atoms with Crippen molar-refractivity contribution in [2.45, 2.75) is 19.3 Å². The fourth-order valence-corrected chi connectivity index (χ4v) is 4.21. The minimum Gasteiger partial charge on any atom is -0.452 e. The number of allylic oxidation sites excluding steroid dienone is 1. The lowest BCUT2D eigenvalue weighted by Crippen LogP contribution is -2.41. The number of nitrogens with one attached hydrogen (secondary N) is 2. The number of imide groups is 1. The van der Waals surface area contributed by atoms with Crippen LogP contribution in [-0.2, 0) is 16.0 Å². The molecule has 3 aromatic rings. The van der Waals surface area contributed by atoms with E-state index in [0.29, 0.717) is 46.1 Å². The van der Waals surface area contributed by atoms with Crippen LogP contribution < -0.4 is 10.6 Å². The number of fused-ring (bicyclic) bond motifs is 2. The summed E-state index contributed by atoms with van der Waals surface area (Å²) in [6.07, 6.45) is 5.29. The van der Waals surface area contributed by atoms with Crippen LogP contribution in [0.5, 0.6) is 0 Å². The van der Waals surface area contributed by atoms with Crippen molar-refractivity contribution in [3.8, 4) is 0 Å². The van der Waals surface area contributed by atoms with Gasteiger partial charge < -0.3 is 10.1 Å². The van der Waals surface area contributed by atoms with E-state index in [9.17, 15) is 24.5 Å². The molecular formula is C27H24N4O6. The second-order valence-electron chi connectivity index (χ2n) is 8.33. The molecule has 4 rings (SSSR count). The summed E-state index contributed by atoms with van der Waals surface area (Å²) in [6.45, 7) is 3.02. The number of nitrogens with zero attached hydrogens (tertiary/aromatic N) is 2. The first-order valence-electron chi connectivity index (χ1n) is 11.6. The zero-order valence-electron chi connectivity index (χ0n) is 19.9. The monoisotopic (exact) mass is 500 g/mol. The molecule has 0 fully saturated rings. The molecule has 0 spiro atoms.